The Morgan fingerprint density at radius 3 is 2.61 bits per heavy atom. The second-order valence-corrected chi connectivity index (χ2v) is 6.79. The van der Waals surface area contributed by atoms with Crippen molar-refractivity contribution in [2.45, 2.75) is 6.04 Å². The fraction of sp³-hybridized carbons (Fsp3) is 0.250. The number of anilines is 1. The van der Waals surface area contributed by atoms with Crippen molar-refractivity contribution >= 4 is 23.5 Å². The van der Waals surface area contributed by atoms with Gasteiger partial charge in [-0.05, 0) is 23.8 Å². The molecule has 0 radical (unpaired) electrons. The second-order valence-electron chi connectivity index (χ2n) is 6.35. The first-order valence-corrected chi connectivity index (χ1v) is 9.36. The van der Waals surface area contributed by atoms with Crippen LogP contribution in [0.3, 0.4) is 0 Å². The van der Waals surface area contributed by atoms with Gasteiger partial charge in [0, 0.05) is 23.7 Å². The molecular weight excluding hydrogens is 380 g/mol. The van der Waals surface area contributed by atoms with E-state index in [4.69, 9.17) is 20.8 Å². The summed E-state index contributed by atoms with van der Waals surface area (Å²) in [6.07, 6.45) is 0. The van der Waals surface area contributed by atoms with Crippen LogP contribution >= 0.6 is 11.6 Å². The Morgan fingerprint density at radius 1 is 1.07 bits per heavy atom. The molecule has 1 aromatic heterocycles. The molecule has 28 heavy (non-hydrogen) atoms. The van der Waals surface area contributed by atoms with Crippen LogP contribution in [0, 0.1) is 0 Å². The van der Waals surface area contributed by atoms with E-state index in [0.717, 1.165) is 5.56 Å². The largest absolute Gasteiger partial charge is 0.405 e. The number of amides is 1. The SMILES string of the molecule is O=C(NC(c1ccccc1)c1nnc(N2CCOCC2)o1)c1cccc(Cl)c1. The number of aromatic nitrogens is 2. The van der Waals surface area contributed by atoms with Crippen molar-refractivity contribution in [2.24, 2.45) is 0 Å². The van der Waals surface area contributed by atoms with Crippen molar-refractivity contribution in [1.29, 1.82) is 0 Å². The summed E-state index contributed by atoms with van der Waals surface area (Å²) in [4.78, 5) is 14.7. The van der Waals surface area contributed by atoms with Crippen LogP contribution in [-0.4, -0.2) is 42.4 Å². The van der Waals surface area contributed by atoms with Gasteiger partial charge in [-0.15, -0.1) is 5.10 Å². The van der Waals surface area contributed by atoms with Gasteiger partial charge in [-0.1, -0.05) is 53.1 Å². The Kier molecular flexibility index (Phi) is 5.55. The van der Waals surface area contributed by atoms with E-state index >= 15 is 0 Å². The Hall–Kier alpha value is -2.90. The zero-order chi connectivity index (χ0) is 19.3. The number of ether oxygens (including phenoxy) is 1. The van der Waals surface area contributed by atoms with Gasteiger partial charge in [0.25, 0.3) is 5.91 Å². The molecule has 1 aliphatic rings. The van der Waals surface area contributed by atoms with Crippen LogP contribution in [0.25, 0.3) is 0 Å². The lowest BCUT2D eigenvalue weighted by Gasteiger charge is -2.24. The zero-order valence-electron chi connectivity index (χ0n) is 15.0. The Labute approximate surface area is 167 Å². The lowest BCUT2D eigenvalue weighted by atomic mass is 10.1. The fourth-order valence-corrected chi connectivity index (χ4v) is 3.19. The van der Waals surface area contributed by atoms with Crippen LogP contribution in [0.1, 0.15) is 27.9 Å². The zero-order valence-corrected chi connectivity index (χ0v) is 15.8. The number of nitrogens with zero attached hydrogens (tertiary/aromatic N) is 3. The van der Waals surface area contributed by atoms with Gasteiger partial charge in [0.1, 0.15) is 6.04 Å². The van der Waals surface area contributed by atoms with Gasteiger partial charge < -0.3 is 19.4 Å². The molecule has 4 rings (SSSR count). The normalized spacial score (nSPS) is 15.2. The van der Waals surface area contributed by atoms with Crippen molar-refractivity contribution in [3.63, 3.8) is 0 Å². The third kappa shape index (κ3) is 4.16. The summed E-state index contributed by atoms with van der Waals surface area (Å²) >= 11 is 6.01. The number of morpholine rings is 1. The molecule has 0 spiro atoms. The monoisotopic (exact) mass is 398 g/mol. The molecule has 7 nitrogen and oxygen atoms in total. The van der Waals surface area contributed by atoms with Crippen LogP contribution in [0.2, 0.25) is 5.02 Å². The summed E-state index contributed by atoms with van der Waals surface area (Å²) in [6.45, 7) is 2.61. The maximum Gasteiger partial charge on any atom is 0.318 e. The van der Waals surface area contributed by atoms with Crippen LogP contribution in [0.5, 0.6) is 0 Å². The molecule has 144 valence electrons. The Morgan fingerprint density at radius 2 is 1.86 bits per heavy atom. The second kappa shape index (κ2) is 8.41. The first-order valence-electron chi connectivity index (χ1n) is 8.98. The summed E-state index contributed by atoms with van der Waals surface area (Å²) in [7, 11) is 0. The van der Waals surface area contributed by atoms with Gasteiger partial charge in [0.15, 0.2) is 0 Å². The first kappa shape index (κ1) is 18.5. The predicted octanol–water partition coefficient (Wildman–Crippen LogP) is 3.08. The standard InChI is InChI=1S/C20H19ClN4O3/c21-16-8-4-7-15(13-16)18(26)22-17(14-5-2-1-3-6-14)19-23-24-20(28-19)25-9-11-27-12-10-25/h1-8,13,17H,9-12H2,(H,22,26). The molecule has 0 aliphatic carbocycles. The van der Waals surface area contributed by atoms with Crippen LogP contribution in [0.4, 0.5) is 6.01 Å². The summed E-state index contributed by atoms with van der Waals surface area (Å²) in [6, 6.07) is 16.1. The number of nitrogens with one attached hydrogen (secondary N) is 1. The Bertz CT molecular complexity index is 941. The van der Waals surface area contributed by atoms with Gasteiger partial charge in [-0.25, -0.2) is 0 Å². The topological polar surface area (TPSA) is 80.5 Å². The summed E-state index contributed by atoms with van der Waals surface area (Å²) in [5.41, 5.74) is 1.30. The van der Waals surface area contributed by atoms with E-state index in [1.165, 1.54) is 0 Å². The number of hydrogen-bond acceptors (Lipinski definition) is 6. The summed E-state index contributed by atoms with van der Waals surface area (Å²) in [5.74, 6) is 0.0468. The van der Waals surface area contributed by atoms with Crippen molar-refractivity contribution in [3.8, 4) is 0 Å². The average Bonchev–Trinajstić information content (AvgIpc) is 3.23. The molecule has 8 heteroatoms. The molecule has 0 saturated carbocycles. The molecule has 1 aliphatic heterocycles. The van der Waals surface area contributed by atoms with E-state index < -0.39 is 6.04 Å². The molecular formula is C20H19ClN4O3. The summed E-state index contributed by atoms with van der Waals surface area (Å²) < 4.78 is 11.3. The van der Waals surface area contributed by atoms with Crippen LogP contribution in [0.15, 0.2) is 59.0 Å². The van der Waals surface area contributed by atoms with Gasteiger partial charge in [0.05, 0.1) is 13.2 Å². The lowest BCUT2D eigenvalue weighted by Crippen LogP contribution is -2.36. The van der Waals surface area contributed by atoms with Crippen molar-refractivity contribution in [2.75, 3.05) is 31.2 Å². The highest BCUT2D eigenvalue weighted by molar-refractivity contribution is 6.30. The van der Waals surface area contributed by atoms with Gasteiger partial charge in [0.2, 0.25) is 5.89 Å². The smallest absolute Gasteiger partial charge is 0.318 e. The van der Waals surface area contributed by atoms with Crippen molar-refractivity contribution in [1.82, 2.24) is 15.5 Å². The number of benzene rings is 2. The maximum atomic E-state index is 12.8. The van der Waals surface area contributed by atoms with Crippen LogP contribution < -0.4 is 10.2 Å². The highest BCUT2D eigenvalue weighted by Gasteiger charge is 2.25. The highest BCUT2D eigenvalue weighted by atomic mass is 35.5. The molecule has 1 fully saturated rings. The lowest BCUT2D eigenvalue weighted by molar-refractivity contribution is 0.0937. The van der Waals surface area contributed by atoms with E-state index in [-0.39, 0.29) is 5.91 Å². The maximum absolute atomic E-state index is 12.8. The first-order chi connectivity index (χ1) is 13.7. The number of rotatable bonds is 5. The minimum Gasteiger partial charge on any atom is -0.405 e. The highest BCUT2D eigenvalue weighted by Crippen LogP contribution is 2.25. The Balaban J connectivity index is 1.61. The third-order valence-corrected chi connectivity index (χ3v) is 4.69. The van der Waals surface area contributed by atoms with Gasteiger partial charge in [-0.2, -0.15) is 0 Å². The molecule has 1 amide bonds. The van der Waals surface area contributed by atoms with Gasteiger partial charge in [-0.3, -0.25) is 4.79 Å². The molecule has 1 atom stereocenters. The van der Waals surface area contributed by atoms with E-state index in [1.807, 2.05) is 35.2 Å². The van der Waals surface area contributed by atoms with E-state index in [0.29, 0.717) is 48.8 Å². The quantitative estimate of drug-likeness (QED) is 0.711. The molecule has 1 saturated heterocycles. The average molecular weight is 399 g/mol. The molecule has 3 aromatic rings. The number of halogens is 1. The van der Waals surface area contributed by atoms with Crippen molar-refractivity contribution < 1.29 is 13.9 Å². The van der Waals surface area contributed by atoms with Gasteiger partial charge >= 0.3 is 6.01 Å². The molecule has 2 aromatic carbocycles. The molecule has 1 unspecified atom stereocenters. The minimum absolute atomic E-state index is 0.275. The fourth-order valence-electron chi connectivity index (χ4n) is 3.00. The summed E-state index contributed by atoms with van der Waals surface area (Å²) in [5, 5.41) is 11.8. The number of carbonyl (C=O) groups excluding carboxylic acids is 1. The van der Waals surface area contributed by atoms with Crippen LogP contribution in [-0.2, 0) is 4.74 Å². The third-order valence-electron chi connectivity index (χ3n) is 4.45. The van der Waals surface area contributed by atoms with E-state index in [1.54, 1.807) is 24.3 Å². The molecule has 0 bridgehead atoms. The number of hydrogen-bond donors (Lipinski definition) is 1. The van der Waals surface area contributed by atoms with E-state index in [9.17, 15) is 4.79 Å². The predicted molar refractivity (Wildman–Crippen MR) is 105 cm³/mol. The minimum atomic E-state index is -0.574. The van der Waals surface area contributed by atoms with E-state index in [2.05, 4.69) is 15.5 Å². The van der Waals surface area contributed by atoms with Crippen molar-refractivity contribution in [3.05, 3.63) is 76.6 Å². The molecule has 1 N–H and O–H groups in total. The number of carbonyl (C=O) groups is 1. The molecule has 2 heterocycles.